The highest BCUT2D eigenvalue weighted by Crippen LogP contribution is 2.32. The van der Waals surface area contributed by atoms with Crippen LogP contribution in [0.1, 0.15) is 40.5 Å². The minimum Gasteiger partial charge on any atom is -0.481 e. The Labute approximate surface area is 141 Å². The highest BCUT2D eigenvalue weighted by atomic mass is 16.5. The Bertz CT molecular complexity index is 417. The van der Waals surface area contributed by atoms with Gasteiger partial charge in [0.1, 0.15) is 0 Å². The van der Waals surface area contributed by atoms with Crippen LogP contribution < -0.4 is 0 Å². The second-order valence-corrected chi connectivity index (χ2v) is 5.70. The zero-order valence-corrected chi connectivity index (χ0v) is 14.5. The van der Waals surface area contributed by atoms with E-state index >= 15 is 0 Å². The third kappa shape index (κ3) is 6.97. The van der Waals surface area contributed by atoms with Crippen LogP contribution in [-0.2, 0) is 28.7 Å². The van der Waals surface area contributed by atoms with Crippen LogP contribution >= 0.6 is 0 Å². The van der Waals surface area contributed by atoms with Crippen molar-refractivity contribution in [3.8, 4) is 0 Å². The molecule has 0 aliphatic carbocycles. The molecule has 0 rings (SSSR count). The SMILES string of the molecule is CCOC(=O)CC(C)C(C(=O)O)C(C(=O)O)C(C)CC(=O)OCC. The van der Waals surface area contributed by atoms with Crippen molar-refractivity contribution in [2.24, 2.45) is 23.7 Å². The summed E-state index contributed by atoms with van der Waals surface area (Å²) in [5.41, 5.74) is 0. The Kier molecular flexibility index (Phi) is 9.68. The maximum absolute atomic E-state index is 11.6. The molecular weight excluding hydrogens is 320 g/mol. The molecule has 0 aromatic heterocycles. The summed E-state index contributed by atoms with van der Waals surface area (Å²) in [6, 6.07) is 0. The number of rotatable bonds is 11. The maximum Gasteiger partial charge on any atom is 0.307 e. The number of carboxylic acid groups (broad SMARTS) is 2. The molecule has 0 saturated carbocycles. The summed E-state index contributed by atoms with van der Waals surface area (Å²) < 4.78 is 9.57. The third-order valence-corrected chi connectivity index (χ3v) is 3.77. The van der Waals surface area contributed by atoms with Crippen LogP contribution in [0, 0.1) is 23.7 Å². The van der Waals surface area contributed by atoms with Gasteiger partial charge in [-0.05, 0) is 25.7 Å². The molecule has 0 heterocycles. The van der Waals surface area contributed by atoms with Crippen LogP contribution in [0.4, 0.5) is 0 Å². The van der Waals surface area contributed by atoms with E-state index in [4.69, 9.17) is 9.47 Å². The summed E-state index contributed by atoms with van der Waals surface area (Å²) in [6.45, 7) is 6.54. The van der Waals surface area contributed by atoms with Crippen LogP contribution in [0.15, 0.2) is 0 Å². The number of hydrogen-bond donors (Lipinski definition) is 2. The molecule has 0 saturated heterocycles. The van der Waals surface area contributed by atoms with Crippen LogP contribution in [0.25, 0.3) is 0 Å². The Hall–Kier alpha value is -2.12. The fourth-order valence-corrected chi connectivity index (χ4v) is 2.72. The molecule has 0 amide bonds. The maximum atomic E-state index is 11.6. The first-order valence-corrected chi connectivity index (χ1v) is 7.92. The lowest BCUT2D eigenvalue weighted by molar-refractivity contribution is -0.161. The molecule has 0 aliphatic heterocycles. The molecule has 0 aromatic rings. The van der Waals surface area contributed by atoms with Gasteiger partial charge in [-0.25, -0.2) is 0 Å². The van der Waals surface area contributed by atoms with E-state index in [0.29, 0.717) is 0 Å². The smallest absolute Gasteiger partial charge is 0.307 e. The van der Waals surface area contributed by atoms with Crippen molar-refractivity contribution in [3.05, 3.63) is 0 Å². The predicted molar refractivity (Wildman–Crippen MR) is 83.1 cm³/mol. The van der Waals surface area contributed by atoms with Gasteiger partial charge in [-0.15, -0.1) is 0 Å². The summed E-state index contributed by atoms with van der Waals surface area (Å²) in [6.07, 6.45) is -0.415. The number of carbonyl (C=O) groups excluding carboxylic acids is 2. The molecule has 2 N–H and O–H groups in total. The first-order chi connectivity index (χ1) is 11.1. The second-order valence-electron chi connectivity index (χ2n) is 5.70. The lowest BCUT2D eigenvalue weighted by Gasteiger charge is -2.29. The Morgan fingerprint density at radius 3 is 1.25 bits per heavy atom. The molecule has 8 heteroatoms. The topological polar surface area (TPSA) is 127 Å². The van der Waals surface area contributed by atoms with Crippen molar-refractivity contribution >= 4 is 23.9 Å². The van der Waals surface area contributed by atoms with E-state index < -0.39 is 47.5 Å². The fraction of sp³-hybridized carbons (Fsp3) is 0.750. The van der Waals surface area contributed by atoms with E-state index in [1.165, 1.54) is 13.8 Å². The predicted octanol–water partition coefficient (Wildman–Crippen LogP) is 1.57. The molecule has 0 aliphatic rings. The van der Waals surface area contributed by atoms with E-state index in [1.54, 1.807) is 13.8 Å². The highest BCUT2D eigenvalue weighted by Gasteiger charge is 2.42. The van der Waals surface area contributed by atoms with Gasteiger partial charge < -0.3 is 19.7 Å². The van der Waals surface area contributed by atoms with Gasteiger partial charge in [0.05, 0.1) is 25.0 Å². The molecule has 8 nitrogen and oxygen atoms in total. The van der Waals surface area contributed by atoms with Gasteiger partial charge in [0.15, 0.2) is 0 Å². The minimum atomic E-state index is -1.32. The highest BCUT2D eigenvalue weighted by molar-refractivity contribution is 5.82. The van der Waals surface area contributed by atoms with Crippen molar-refractivity contribution in [2.45, 2.75) is 40.5 Å². The zero-order valence-electron chi connectivity index (χ0n) is 14.5. The Balaban J connectivity index is 5.29. The summed E-state index contributed by atoms with van der Waals surface area (Å²) in [5, 5.41) is 18.9. The summed E-state index contributed by atoms with van der Waals surface area (Å²) in [7, 11) is 0. The summed E-state index contributed by atoms with van der Waals surface area (Å²) >= 11 is 0. The van der Waals surface area contributed by atoms with Gasteiger partial charge in [0.2, 0.25) is 0 Å². The van der Waals surface area contributed by atoms with Gasteiger partial charge in [-0.3, -0.25) is 19.2 Å². The van der Waals surface area contributed by atoms with Crippen molar-refractivity contribution in [1.29, 1.82) is 0 Å². The van der Waals surface area contributed by atoms with Crippen molar-refractivity contribution in [3.63, 3.8) is 0 Å². The Morgan fingerprint density at radius 2 is 1.04 bits per heavy atom. The monoisotopic (exact) mass is 346 g/mol. The van der Waals surface area contributed by atoms with Gasteiger partial charge in [-0.1, -0.05) is 13.8 Å². The van der Waals surface area contributed by atoms with Gasteiger partial charge in [-0.2, -0.15) is 0 Å². The lowest BCUT2D eigenvalue weighted by atomic mass is 9.74. The Morgan fingerprint density at radius 1 is 0.750 bits per heavy atom. The van der Waals surface area contributed by atoms with E-state index in [9.17, 15) is 29.4 Å². The molecule has 24 heavy (non-hydrogen) atoms. The second kappa shape index (κ2) is 10.6. The van der Waals surface area contributed by atoms with Gasteiger partial charge in [0, 0.05) is 12.8 Å². The molecule has 138 valence electrons. The van der Waals surface area contributed by atoms with E-state index in [1.807, 2.05) is 0 Å². The van der Waals surface area contributed by atoms with Crippen molar-refractivity contribution in [1.82, 2.24) is 0 Å². The molecule has 4 unspecified atom stereocenters. The largest absolute Gasteiger partial charge is 0.481 e. The number of hydrogen-bond acceptors (Lipinski definition) is 6. The van der Waals surface area contributed by atoms with Crippen molar-refractivity contribution < 1.29 is 38.9 Å². The first-order valence-electron chi connectivity index (χ1n) is 7.92. The average Bonchev–Trinajstić information content (AvgIpc) is 2.43. The number of carboxylic acids is 2. The standard InChI is InChI=1S/C16H26O8/c1-5-23-11(17)7-9(3)13(15(19)20)14(16(21)22)10(4)8-12(18)24-6-2/h9-10,13-14H,5-8H2,1-4H3,(H,19,20)(H,21,22). The normalized spacial score (nSPS) is 15.7. The summed E-state index contributed by atoms with van der Waals surface area (Å²) in [4.78, 5) is 46.4. The minimum absolute atomic E-state index is 0.158. The fourth-order valence-electron chi connectivity index (χ4n) is 2.72. The number of esters is 2. The van der Waals surface area contributed by atoms with Gasteiger partial charge in [0.25, 0.3) is 0 Å². The van der Waals surface area contributed by atoms with E-state index in [0.717, 1.165) is 0 Å². The average molecular weight is 346 g/mol. The third-order valence-electron chi connectivity index (χ3n) is 3.77. The number of aliphatic carboxylic acids is 2. The van der Waals surface area contributed by atoms with Gasteiger partial charge >= 0.3 is 23.9 Å². The molecule has 0 radical (unpaired) electrons. The molecular formula is C16H26O8. The quantitative estimate of drug-likeness (QED) is 0.540. The molecule has 0 spiro atoms. The molecule has 4 atom stereocenters. The van der Waals surface area contributed by atoms with Crippen LogP contribution in [0.5, 0.6) is 0 Å². The van der Waals surface area contributed by atoms with E-state index in [2.05, 4.69) is 0 Å². The number of ether oxygens (including phenoxy) is 2. The van der Waals surface area contributed by atoms with Crippen LogP contribution in [0.3, 0.4) is 0 Å². The van der Waals surface area contributed by atoms with Crippen molar-refractivity contribution in [2.75, 3.05) is 13.2 Å². The molecule has 0 aromatic carbocycles. The van der Waals surface area contributed by atoms with E-state index in [-0.39, 0.29) is 26.1 Å². The van der Waals surface area contributed by atoms with Crippen LogP contribution in [0.2, 0.25) is 0 Å². The molecule has 0 fully saturated rings. The first kappa shape index (κ1) is 21.9. The van der Waals surface area contributed by atoms with Crippen LogP contribution in [-0.4, -0.2) is 47.3 Å². The summed E-state index contributed by atoms with van der Waals surface area (Å²) in [5.74, 6) is -7.98. The number of carbonyl (C=O) groups is 4. The molecule has 0 bridgehead atoms. The lowest BCUT2D eigenvalue weighted by Crippen LogP contribution is -2.40. The zero-order chi connectivity index (χ0) is 18.9.